The molecular formula is C21H37NO2S. The van der Waals surface area contributed by atoms with Crippen LogP contribution in [-0.4, -0.2) is 34.1 Å². The number of allylic oxidation sites excluding steroid dienone is 2. The molecule has 4 heteroatoms. The zero-order valence-corrected chi connectivity index (χ0v) is 17.5. The van der Waals surface area contributed by atoms with Crippen molar-refractivity contribution in [2.24, 2.45) is 10.9 Å². The van der Waals surface area contributed by atoms with Gasteiger partial charge < -0.3 is 5.11 Å². The van der Waals surface area contributed by atoms with Crippen molar-refractivity contribution in [1.82, 2.24) is 0 Å². The highest BCUT2D eigenvalue weighted by molar-refractivity contribution is 7.99. The van der Waals surface area contributed by atoms with Gasteiger partial charge in [-0.05, 0) is 37.4 Å². The molecule has 0 saturated heterocycles. The number of ketones is 1. The van der Waals surface area contributed by atoms with Crippen LogP contribution in [0.25, 0.3) is 0 Å². The molecule has 0 heterocycles. The molecule has 3 nitrogen and oxygen atoms in total. The normalized spacial score (nSPS) is 23.1. The van der Waals surface area contributed by atoms with Gasteiger partial charge in [-0.25, -0.2) is 0 Å². The van der Waals surface area contributed by atoms with Crippen molar-refractivity contribution in [3.63, 3.8) is 0 Å². The fraction of sp³-hybridized carbons (Fsp3) is 0.810. The van der Waals surface area contributed by atoms with Gasteiger partial charge in [-0.3, -0.25) is 9.79 Å². The van der Waals surface area contributed by atoms with E-state index in [0.29, 0.717) is 29.6 Å². The van der Waals surface area contributed by atoms with Crippen molar-refractivity contribution in [3.8, 4) is 0 Å². The van der Waals surface area contributed by atoms with E-state index < -0.39 is 0 Å². The second-order valence-corrected chi connectivity index (χ2v) is 8.88. The molecular weight excluding hydrogens is 330 g/mol. The van der Waals surface area contributed by atoms with Gasteiger partial charge in [0.15, 0.2) is 5.78 Å². The number of aliphatic hydroxyl groups excluding tert-OH is 1. The molecule has 1 rings (SSSR count). The van der Waals surface area contributed by atoms with Crippen LogP contribution >= 0.6 is 11.8 Å². The van der Waals surface area contributed by atoms with Gasteiger partial charge in [-0.2, -0.15) is 11.8 Å². The number of thioether (sulfide) groups is 1. The summed E-state index contributed by atoms with van der Waals surface area (Å²) in [6.45, 7) is 9.44. The lowest BCUT2D eigenvalue weighted by atomic mass is 9.80. The number of carbonyl (C=O) groups is 1. The summed E-state index contributed by atoms with van der Waals surface area (Å²) in [6, 6.07) is 0. The number of nitrogens with zero attached hydrogens (tertiary/aromatic N) is 1. The molecule has 2 atom stereocenters. The van der Waals surface area contributed by atoms with Crippen LogP contribution in [0.3, 0.4) is 0 Å². The monoisotopic (exact) mass is 367 g/mol. The van der Waals surface area contributed by atoms with E-state index in [-0.39, 0.29) is 11.5 Å². The van der Waals surface area contributed by atoms with Crippen molar-refractivity contribution in [2.45, 2.75) is 90.7 Å². The second kappa shape index (κ2) is 12.6. The number of hydrogen-bond donors (Lipinski definition) is 1. The van der Waals surface area contributed by atoms with Crippen LogP contribution in [0, 0.1) is 5.92 Å². The third-order valence-electron chi connectivity index (χ3n) is 4.73. The van der Waals surface area contributed by atoms with E-state index in [0.717, 1.165) is 43.7 Å². The molecule has 25 heavy (non-hydrogen) atoms. The number of carbonyl (C=O) groups excluding carboxylic acids is 1. The molecule has 0 unspecified atom stereocenters. The largest absolute Gasteiger partial charge is 0.511 e. The summed E-state index contributed by atoms with van der Waals surface area (Å²) in [5.41, 5.74) is 1.42. The van der Waals surface area contributed by atoms with E-state index in [1.807, 2.05) is 18.7 Å². The summed E-state index contributed by atoms with van der Waals surface area (Å²) in [5.74, 6) is 1.84. The highest BCUT2D eigenvalue weighted by atomic mass is 32.2. The van der Waals surface area contributed by atoms with E-state index in [4.69, 9.17) is 4.99 Å². The number of aliphatic hydroxyl groups is 1. The Morgan fingerprint density at radius 2 is 1.96 bits per heavy atom. The van der Waals surface area contributed by atoms with Crippen molar-refractivity contribution < 1.29 is 9.90 Å². The van der Waals surface area contributed by atoms with Crippen LogP contribution in [-0.2, 0) is 4.79 Å². The van der Waals surface area contributed by atoms with Crippen molar-refractivity contribution >= 4 is 23.3 Å². The molecule has 0 radical (unpaired) electrons. The highest BCUT2D eigenvalue weighted by Crippen LogP contribution is 2.32. The maximum Gasteiger partial charge on any atom is 0.168 e. The Balaban J connectivity index is 2.85. The molecule has 0 aromatic rings. The van der Waals surface area contributed by atoms with E-state index in [1.54, 1.807) is 0 Å². The van der Waals surface area contributed by atoms with Gasteiger partial charge >= 0.3 is 0 Å². The first kappa shape index (κ1) is 22.3. The van der Waals surface area contributed by atoms with Crippen LogP contribution < -0.4 is 0 Å². The number of aliphatic imine (C=N–C) groups is 1. The number of unbranched alkanes of at least 4 members (excludes halogenated alkanes) is 3. The molecule has 0 bridgehead atoms. The first-order valence-electron chi connectivity index (χ1n) is 10.1. The zero-order chi connectivity index (χ0) is 18.7. The Morgan fingerprint density at radius 1 is 1.20 bits per heavy atom. The van der Waals surface area contributed by atoms with Gasteiger partial charge in [0.1, 0.15) is 5.76 Å². The minimum Gasteiger partial charge on any atom is -0.511 e. The summed E-state index contributed by atoms with van der Waals surface area (Å²) in [5, 5.41) is 11.0. The average Bonchev–Trinajstić information content (AvgIpc) is 2.54. The Hall–Kier alpha value is -0.770. The van der Waals surface area contributed by atoms with E-state index in [9.17, 15) is 9.90 Å². The summed E-state index contributed by atoms with van der Waals surface area (Å²) < 4.78 is 0. The van der Waals surface area contributed by atoms with Gasteiger partial charge in [-0.1, -0.05) is 47.0 Å². The van der Waals surface area contributed by atoms with E-state index in [2.05, 4.69) is 20.8 Å². The predicted molar refractivity (Wildman–Crippen MR) is 111 cm³/mol. The third kappa shape index (κ3) is 7.98. The summed E-state index contributed by atoms with van der Waals surface area (Å²) in [7, 11) is 0. The predicted octanol–water partition coefficient (Wildman–Crippen LogP) is 6.13. The number of hydrogen-bond acceptors (Lipinski definition) is 4. The van der Waals surface area contributed by atoms with Gasteiger partial charge in [-0.15, -0.1) is 0 Å². The van der Waals surface area contributed by atoms with E-state index >= 15 is 0 Å². The average molecular weight is 368 g/mol. The van der Waals surface area contributed by atoms with Gasteiger partial charge in [0.2, 0.25) is 0 Å². The minimum atomic E-state index is 0.100. The SMILES string of the molecule is CCCCCCN=C1C[C@@H](C[C@H](C)SCC)CC(=O)C1=C(O)CCC. The number of Topliss-reactive ketones (excluding diaryl/α,β-unsaturated/α-hetero) is 1. The first-order valence-corrected chi connectivity index (χ1v) is 11.2. The third-order valence-corrected chi connectivity index (χ3v) is 5.82. The standard InChI is InChI=1S/C21H37NO2S/c1-5-8-9-10-12-22-18-14-17(13-16(4)25-7-3)15-20(24)21(18)19(23)11-6-2/h16-17,23H,5-15H2,1-4H3/t16-,17+/m0/s1. The fourth-order valence-electron chi connectivity index (χ4n) is 3.55. The van der Waals surface area contributed by atoms with Crippen molar-refractivity contribution in [3.05, 3.63) is 11.3 Å². The van der Waals surface area contributed by atoms with Crippen LogP contribution in [0.4, 0.5) is 0 Å². The van der Waals surface area contributed by atoms with Crippen molar-refractivity contribution in [2.75, 3.05) is 12.3 Å². The van der Waals surface area contributed by atoms with E-state index in [1.165, 1.54) is 19.3 Å². The van der Waals surface area contributed by atoms with Gasteiger partial charge in [0, 0.05) is 30.3 Å². The molecule has 0 aliphatic heterocycles. The molecule has 0 amide bonds. The summed E-state index contributed by atoms with van der Waals surface area (Å²) in [4.78, 5) is 17.5. The Bertz CT molecular complexity index is 471. The molecule has 1 aliphatic carbocycles. The maximum absolute atomic E-state index is 12.7. The highest BCUT2D eigenvalue weighted by Gasteiger charge is 2.31. The molecule has 0 spiro atoms. The Labute approximate surface area is 158 Å². The van der Waals surface area contributed by atoms with Gasteiger partial charge in [0.25, 0.3) is 0 Å². The lowest BCUT2D eigenvalue weighted by Crippen LogP contribution is -2.29. The first-order chi connectivity index (χ1) is 12.0. The molecule has 144 valence electrons. The molecule has 1 saturated carbocycles. The molecule has 0 aromatic carbocycles. The quantitative estimate of drug-likeness (QED) is 0.271. The summed E-state index contributed by atoms with van der Waals surface area (Å²) in [6.07, 6.45) is 8.59. The Kier molecular flexibility index (Phi) is 11.2. The molecule has 1 N–H and O–H groups in total. The van der Waals surface area contributed by atoms with Crippen LogP contribution in [0.15, 0.2) is 16.3 Å². The lowest BCUT2D eigenvalue weighted by molar-refractivity contribution is -0.116. The fourth-order valence-corrected chi connectivity index (χ4v) is 4.52. The second-order valence-electron chi connectivity index (χ2n) is 7.16. The smallest absolute Gasteiger partial charge is 0.168 e. The maximum atomic E-state index is 12.7. The van der Waals surface area contributed by atoms with Crippen LogP contribution in [0.5, 0.6) is 0 Å². The topological polar surface area (TPSA) is 49.7 Å². The lowest BCUT2D eigenvalue weighted by Gasteiger charge is -2.27. The molecule has 1 fully saturated rings. The van der Waals surface area contributed by atoms with Gasteiger partial charge in [0.05, 0.1) is 5.57 Å². The molecule has 0 aromatic heterocycles. The summed E-state index contributed by atoms with van der Waals surface area (Å²) >= 11 is 1.96. The van der Waals surface area contributed by atoms with Crippen molar-refractivity contribution in [1.29, 1.82) is 0 Å². The van der Waals surface area contributed by atoms with Crippen LogP contribution in [0.1, 0.15) is 85.5 Å². The van der Waals surface area contributed by atoms with Crippen LogP contribution in [0.2, 0.25) is 0 Å². The Morgan fingerprint density at radius 3 is 2.60 bits per heavy atom. The number of rotatable bonds is 11. The zero-order valence-electron chi connectivity index (χ0n) is 16.6. The minimum absolute atomic E-state index is 0.100. The molecule has 1 aliphatic rings.